The molecule has 308 valence electrons. The molecule has 2 bridgehead atoms. The van der Waals surface area contributed by atoms with E-state index in [2.05, 4.69) is 47.1 Å². The van der Waals surface area contributed by atoms with E-state index in [1.807, 2.05) is 24.3 Å². The summed E-state index contributed by atoms with van der Waals surface area (Å²) in [6.45, 7) is 10.5. The van der Waals surface area contributed by atoms with Crippen LogP contribution >= 0.6 is 22.6 Å². The smallest absolute Gasteiger partial charge is 0.327 e. The molecule has 3 saturated heterocycles. The minimum atomic E-state index is -1.58. The van der Waals surface area contributed by atoms with Crippen LogP contribution in [0.3, 0.4) is 0 Å². The molecule has 9 atom stereocenters. The first-order valence-corrected chi connectivity index (χ1v) is 21.0. The van der Waals surface area contributed by atoms with Gasteiger partial charge in [0.25, 0.3) is 0 Å². The number of aliphatic hydroxyl groups is 2. The Morgan fingerprint density at radius 3 is 2.29 bits per heavy atom. The second-order valence-electron chi connectivity index (χ2n) is 16.5. The summed E-state index contributed by atoms with van der Waals surface area (Å²) < 4.78 is 26.2. The summed E-state index contributed by atoms with van der Waals surface area (Å²) >= 11 is 2.22. The van der Waals surface area contributed by atoms with E-state index in [0.29, 0.717) is 12.8 Å². The number of aliphatic hydroxyl groups excluding tert-OH is 2. The highest BCUT2D eigenvalue weighted by Crippen LogP contribution is 2.58. The fourth-order valence-electron chi connectivity index (χ4n) is 8.36. The molecule has 1 aliphatic carbocycles. The van der Waals surface area contributed by atoms with Gasteiger partial charge in [0.15, 0.2) is 11.8 Å². The van der Waals surface area contributed by atoms with E-state index in [-0.39, 0.29) is 25.8 Å². The Hall–Kier alpha value is -2.41. The number of fused-ring (bicyclic) bond motifs is 4. The highest BCUT2D eigenvalue weighted by molar-refractivity contribution is 14.1. The summed E-state index contributed by atoms with van der Waals surface area (Å²) in [7, 11) is 0. The normalized spacial score (nSPS) is 28.5. The van der Waals surface area contributed by atoms with Crippen molar-refractivity contribution >= 4 is 46.3 Å². The Kier molecular flexibility index (Phi) is 14.7. The first-order valence-electron chi connectivity index (χ1n) is 19.9. The van der Waals surface area contributed by atoms with Crippen molar-refractivity contribution in [1.29, 1.82) is 0 Å². The second kappa shape index (κ2) is 18.5. The molecule has 14 nitrogen and oxygen atoms in total. The van der Waals surface area contributed by atoms with Gasteiger partial charge in [0.1, 0.15) is 41.5 Å². The molecule has 3 aliphatic heterocycles. The average Bonchev–Trinajstić information content (AvgIpc) is 3.67. The van der Waals surface area contributed by atoms with Gasteiger partial charge in [0, 0.05) is 29.3 Å². The van der Waals surface area contributed by atoms with Crippen LogP contribution < -0.4 is 10.6 Å². The first-order chi connectivity index (χ1) is 26.1. The van der Waals surface area contributed by atoms with Crippen molar-refractivity contribution in [3.8, 4) is 0 Å². The van der Waals surface area contributed by atoms with Crippen LogP contribution in [0.15, 0.2) is 24.3 Å². The maximum Gasteiger partial charge on any atom is 0.327 e. The molecule has 2 amide bonds. The number of hydroxylamine groups is 2. The third-order valence-corrected chi connectivity index (χ3v) is 12.1. The Bertz CT molecular complexity index is 1510. The van der Waals surface area contributed by atoms with Crippen molar-refractivity contribution < 1.29 is 53.2 Å². The fraction of sp³-hybridized carbons (Fsp3) is 0.750. The molecule has 15 heteroatoms. The fourth-order valence-corrected chi connectivity index (χ4v) is 8.91. The summed E-state index contributed by atoms with van der Waals surface area (Å²) in [5.74, 6) is -3.50. The molecular weight excluding hydrogens is 825 g/mol. The molecule has 2 unspecified atom stereocenters. The van der Waals surface area contributed by atoms with Crippen molar-refractivity contribution in [1.82, 2.24) is 15.7 Å². The summed E-state index contributed by atoms with van der Waals surface area (Å²) in [5.41, 5.74) is -1.39. The minimum Gasteiger partial charge on any atom is -0.460 e. The third-order valence-electron chi connectivity index (χ3n) is 11.0. The van der Waals surface area contributed by atoms with Gasteiger partial charge >= 0.3 is 11.9 Å². The van der Waals surface area contributed by atoms with Crippen LogP contribution in [-0.4, -0.2) is 106 Å². The predicted molar refractivity (Wildman–Crippen MR) is 209 cm³/mol. The molecule has 0 aromatic heterocycles. The maximum atomic E-state index is 15.0. The van der Waals surface area contributed by atoms with E-state index >= 15 is 0 Å². The number of unbranched alkanes of at least 4 members (excludes halogenated alkanes) is 4. The number of nitrogens with one attached hydrogen (secondary N) is 2. The summed E-state index contributed by atoms with van der Waals surface area (Å²) in [6.07, 6.45) is 2.49. The van der Waals surface area contributed by atoms with Crippen molar-refractivity contribution in [3.63, 3.8) is 0 Å². The lowest BCUT2D eigenvalue weighted by Crippen LogP contribution is -2.71. The Morgan fingerprint density at radius 1 is 1.04 bits per heavy atom. The van der Waals surface area contributed by atoms with Gasteiger partial charge in [-0.05, 0) is 81.2 Å². The quantitative estimate of drug-likeness (QED) is 0.0885. The van der Waals surface area contributed by atoms with Crippen LogP contribution in [-0.2, 0) is 49.5 Å². The molecule has 55 heavy (non-hydrogen) atoms. The standard InChI is InChI=1S/C40H60IN3O11/c1-7-9-13-19-39(20-14-10-8-2)53-31-28-21-40(33(36(49)51-28)44(55-34(40)32(31)54-39)22-25-15-11-12-16-27(25)41)37(50)43-30(24(3)46)35(48)42-26(23-45)17-18-29(47)52-38(4,5)6/h11-12,15-16,24,26,28,30-34,45-46H,7-10,13-14,17-23H2,1-6H3,(H,42,48)(H,43,50)/t24-,26-,28?,30+,31-,32-,33-,34+,40?/m0/s1. The number of carbonyl (C=O) groups is 4. The van der Waals surface area contributed by atoms with E-state index in [4.69, 9.17) is 23.8 Å². The van der Waals surface area contributed by atoms with Crippen LogP contribution in [0.4, 0.5) is 0 Å². The van der Waals surface area contributed by atoms with Crippen molar-refractivity contribution in [3.05, 3.63) is 33.4 Å². The average molecular weight is 886 g/mol. The molecule has 1 aromatic carbocycles. The van der Waals surface area contributed by atoms with E-state index in [0.717, 1.165) is 47.7 Å². The number of rotatable bonds is 19. The number of hydrogen-bond donors (Lipinski definition) is 4. The number of esters is 2. The zero-order valence-electron chi connectivity index (χ0n) is 33.0. The molecule has 5 rings (SSSR count). The summed E-state index contributed by atoms with van der Waals surface area (Å²) in [5, 5.41) is 27.9. The second-order valence-corrected chi connectivity index (χ2v) is 17.7. The summed E-state index contributed by atoms with van der Waals surface area (Å²) in [4.78, 5) is 61.9. The molecule has 1 aromatic rings. The molecule has 0 radical (unpaired) electrons. The zero-order valence-corrected chi connectivity index (χ0v) is 35.2. The lowest BCUT2D eigenvalue weighted by molar-refractivity contribution is -0.224. The van der Waals surface area contributed by atoms with Crippen molar-refractivity contribution in [2.24, 2.45) is 5.41 Å². The van der Waals surface area contributed by atoms with Crippen LogP contribution in [0.2, 0.25) is 0 Å². The Morgan fingerprint density at radius 2 is 1.69 bits per heavy atom. The van der Waals surface area contributed by atoms with Crippen LogP contribution in [0, 0.1) is 8.99 Å². The van der Waals surface area contributed by atoms with Gasteiger partial charge in [-0.25, -0.2) is 0 Å². The van der Waals surface area contributed by atoms with Crippen LogP contribution in [0.25, 0.3) is 0 Å². The first kappa shape index (κ1) is 43.7. The lowest BCUT2D eigenvalue weighted by atomic mass is 9.62. The zero-order chi connectivity index (χ0) is 40.1. The van der Waals surface area contributed by atoms with Gasteiger partial charge in [-0.1, -0.05) is 57.7 Å². The topological polar surface area (TPSA) is 182 Å². The number of ether oxygens (including phenoxy) is 4. The SMILES string of the molecule is CCCCCC1(CCCCC)O[C@@H]2[C@H]3ON(Cc4ccccc4I)[C@H]4C(=O)OC(CC34C(=O)N[C@@H](C(=O)N[C@H](CO)CCC(=O)OC(C)(C)C)[C@H](C)O)[C@@H]2O1. The van der Waals surface area contributed by atoms with Crippen LogP contribution in [0.5, 0.6) is 0 Å². The summed E-state index contributed by atoms with van der Waals surface area (Å²) in [6, 6.07) is 4.15. The Labute approximate surface area is 338 Å². The molecule has 4 aliphatic rings. The van der Waals surface area contributed by atoms with Crippen molar-refractivity contribution in [2.75, 3.05) is 6.61 Å². The van der Waals surface area contributed by atoms with Gasteiger partial charge in [0.2, 0.25) is 11.8 Å². The number of halogens is 1. The van der Waals surface area contributed by atoms with Gasteiger partial charge in [-0.15, -0.1) is 0 Å². The minimum absolute atomic E-state index is 0.0517. The molecule has 4 fully saturated rings. The maximum absolute atomic E-state index is 15.0. The van der Waals surface area contributed by atoms with Crippen molar-refractivity contribution in [2.45, 2.75) is 179 Å². The number of amides is 2. The third kappa shape index (κ3) is 9.83. The number of carbonyl (C=O) groups excluding carboxylic acids is 4. The molecule has 3 heterocycles. The van der Waals surface area contributed by atoms with E-state index in [1.165, 1.54) is 12.0 Å². The van der Waals surface area contributed by atoms with Gasteiger partial charge in [-0.2, -0.15) is 5.06 Å². The van der Waals surface area contributed by atoms with Gasteiger partial charge in [-0.3, -0.25) is 24.0 Å². The Balaban J connectivity index is 1.45. The largest absolute Gasteiger partial charge is 0.460 e. The highest BCUT2D eigenvalue weighted by atomic mass is 127. The molecule has 4 N–H and O–H groups in total. The van der Waals surface area contributed by atoms with E-state index in [9.17, 15) is 29.4 Å². The monoisotopic (exact) mass is 885 g/mol. The number of hydrogen-bond acceptors (Lipinski definition) is 12. The highest BCUT2D eigenvalue weighted by Gasteiger charge is 2.76. The molecule has 0 spiro atoms. The van der Waals surface area contributed by atoms with Crippen LogP contribution in [0.1, 0.15) is 118 Å². The predicted octanol–water partition coefficient (Wildman–Crippen LogP) is 4.20. The van der Waals surface area contributed by atoms with Gasteiger partial charge in [0.05, 0.1) is 25.3 Å². The lowest BCUT2D eigenvalue weighted by Gasteiger charge is -2.49. The number of benzene rings is 1. The number of nitrogens with zero attached hydrogens (tertiary/aromatic N) is 1. The van der Waals surface area contributed by atoms with E-state index < -0.39 is 95.8 Å². The van der Waals surface area contributed by atoms with Gasteiger partial charge < -0.3 is 39.8 Å². The van der Waals surface area contributed by atoms with E-state index in [1.54, 1.807) is 20.8 Å². The molecule has 1 saturated carbocycles. The molecular formula is C40H60IN3O11.